The first-order valence-electron chi connectivity index (χ1n) is 5.60. The van der Waals surface area contributed by atoms with Gasteiger partial charge in [0.15, 0.2) is 0 Å². The fourth-order valence-electron chi connectivity index (χ4n) is 1.70. The molecule has 4 N–H and O–H groups in total. The number of nitrogen functional groups attached to an aromatic ring is 1. The summed E-state index contributed by atoms with van der Waals surface area (Å²) in [6.07, 6.45) is 0. The first-order valence-corrected chi connectivity index (χ1v) is 6.42. The molecule has 8 heteroatoms. The normalized spacial score (nSPS) is 10.9. The number of aromatic amines is 1. The van der Waals surface area contributed by atoms with E-state index in [9.17, 15) is 0 Å². The fourth-order valence-corrected chi connectivity index (χ4v) is 2.57. The molecule has 3 aromatic heterocycles. The molecule has 0 amide bonds. The SMILES string of the molecule is Cc1cc(Oc2nc(NN)nc3sc(C)cc23)n[nH]1. The van der Waals surface area contributed by atoms with E-state index in [2.05, 4.69) is 25.6 Å². The minimum atomic E-state index is 0.316. The third-order valence-corrected chi connectivity index (χ3v) is 3.44. The molecule has 0 fully saturated rings. The summed E-state index contributed by atoms with van der Waals surface area (Å²) in [7, 11) is 0. The predicted molar refractivity (Wildman–Crippen MR) is 73.4 cm³/mol. The van der Waals surface area contributed by atoms with Crippen molar-refractivity contribution in [1.82, 2.24) is 20.2 Å². The number of fused-ring (bicyclic) bond motifs is 1. The van der Waals surface area contributed by atoms with Crippen molar-refractivity contribution in [3.63, 3.8) is 0 Å². The Morgan fingerprint density at radius 1 is 1.32 bits per heavy atom. The zero-order chi connectivity index (χ0) is 13.4. The number of hydrazine groups is 1. The molecule has 98 valence electrons. The van der Waals surface area contributed by atoms with Crippen molar-refractivity contribution in [3.05, 3.63) is 22.7 Å². The molecule has 0 unspecified atom stereocenters. The van der Waals surface area contributed by atoms with Gasteiger partial charge in [-0.3, -0.25) is 10.5 Å². The monoisotopic (exact) mass is 276 g/mol. The average Bonchev–Trinajstić information content (AvgIpc) is 2.94. The molecule has 0 spiro atoms. The van der Waals surface area contributed by atoms with Crippen molar-refractivity contribution in [2.75, 3.05) is 5.43 Å². The van der Waals surface area contributed by atoms with Crippen LogP contribution >= 0.6 is 11.3 Å². The summed E-state index contributed by atoms with van der Waals surface area (Å²) in [4.78, 5) is 10.5. The van der Waals surface area contributed by atoms with E-state index >= 15 is 0 Å². The van der Waals surface area contributed by atoms with Gasteiger partial charge in [-0.25, -0.2) is 10.8 Å². The minimum Gasteiger partial charge on any atom is -0.418 e. The van der Waals surface area contributed by atoms with Crippen molar-refractivity contribution in [2.45, 2.75) is 13.8 Å². The van der Waals surface area contributed by atoms with E-state index in [4.69, 9.17) is 10.6 Å². The number of H-pyrrole nitrogens is 1. The average molecular weight is 276 g/mol. The van der Waals surface area contributed by atoms with Crippen LogP contribution in [0.3, 0.4) is 0 Å². The van der Waals surface area contributed by atoms with Crippen molar-refractivity contribution >= 4 is 27.5 Å². The van der Waals surface area contributed by atoms with Gasteiger partial charge in [0.1, 0.15) is 4.83 Å². The van der Waals surface area contributed by atoms with Crippen LogP contribution in [-0.4, -0.2) is 20.2 Å². The minimum absolute atomic E-state index is 0.316. The molecule has 0 radical (unpaired) electrons. The van der Waals surface area contributed by atoms with Gasteiger partial charge in [-0.15, -0.1) is 16.4 Å². The number of hydrogen-bond donors (Lipinski definition) is 3. The van der Waals surface area contributed by atoms with Gasteiger partial charge in [0.2, 0.25) is 17.7 Å². The van der Waals surface area contributed by atoms with Crippen LogP contribution < -0.4 is 16.0 Å². The first kappa shape index (κ1) is 11.9. The van der Waals surface area contributed by atoms with Gasteiger partial charge in [-0.2, -0.15) is 4.98 Å². The second-order valence-electron chi connectivity index (χ2n) is 4.06. The van der Waals surface area contributed by atoms with Gasteiger partial charge >= 0.3 is 0 Å². The lowest BCUT2D eigenvalue weighted by atomic mass is 10.3. The van der Waals surface area contributed by atoms with E-state index in [-0.39, 0.29) is 0 Å². The number of aromatic nitrogens is 4. The van der Waals surface area contributed by atoms with E-state index < -0.39 is 0 Å². The van der Waals surface area contributed by atoms with E-state index in [0.717, 1.165) is 20.8 Å². The summed E-state index contributed by atoms with van der Waals surface area (Å²) in [5, 5.41) is 7.69. The van der Waals surface area contributed by atoms with Crippen molar-refractivity contribution in [1.29, 1.82) is 0 Å². The molecule has 3 aromatic rings. The van der Waals surface area contributed by atoms with Crippen LogP contribution in [0.5, 0.6) is 11.8 Å². The third-order valence-electron chi connectivity index (χ3n) is 2.49. The van der Waals surface area contributed by atoms with E-state index in [0.29, 0.717) is 17.7 Å². The van der Waals surface area contributed by atoms with Gasteiger partial charge in [0, 0.05) is 16.6 Å². The predicted octanol–water partition coefficient (Wildman–Crippen LogP) is 2.11. The molecular formula is C11H12N6OS. The first-order chi connectivity index (χ1) is 9.15. The molecule has 7 nitrogen and oxygen atoms in total. The zero-order valence-electron chi connectivity index (χ0n) is 10.4. The van der Waals surface area contributed by atoms with Gasteiger partial charge in [-0.05, 0) is 19.9 Å². The second-order valence-corrected chi connectivity index (χ2v) is 5.30. The number of aryl methyl sites for hydroxylation is 2. The number of nitrogens with two attached hydrogens (primary N) is 1. The number of ether oxygens (including phenoxy) is 1. The van der Waals surface area contributed by atoms with Crippen LogP contribution in [0.2, 0.25) is 0 Å². The Hall–Kier alpha value is -2.19. The molecule has 0 saturated carbocycles. The third kappa shape index (κ3) is 2.23. The van der Waals surface area contributed by atoms with Crippen LogP contribution in [0.4, 0.5) is 5.95 Å². The van der Waals surface area contributed by atoms with Crippen LogP contribution in [0.25, 0.3) is 10.2 Å². The maximum absolute atomic E-state index is 5.69. The summed E-state index contributed by atoms with van der Waals surface area (Å²) >= 11 is 1.56. The Labute approximate surface area is 112 Å². The van der Waals surface area contributed by atoms with E-state index in [1.54, 1.807) is 17.4 Å². The van der Waals surface area contributed by atoms with Crippen LogP contribution in [-0.2, 0) is 0 Å². The topological polar surface area (TPSA) is 102 Å². The second kappa shape index (κ2) is 4.48. The largest absolute Gasteiger partial charge is 0.418 e. The lowest BCUT2D eigenvalue weighted by Gasteiger charge is -2.04. The maximum Gasteiger partial charge on any atom is 0.241 e. The molecule has 0 aliphatic carbocycles. The maximum atomic E-state index is 5.69. The van der Waals surface area contributed by atoms with Crippen LogP contribution in [0.15, 0.2) is 12.1 Å². The molecule has 0 aliphatic heterocycles. The van der Waals surface area contributed by atoms with Crippen molar-refractivity contribution in [3.8, 4) is 11.8 Å². The smallest absolute Gasteiger partial charge is 0.241 e. The number of anilines is 1. The number of thiophene rings is 1. The van der Waals surface area contributed by atoms with Gasteiger partial charge < -0.3 is 4.74 Å². The van der Waals surface area contributed by atoms with E-state index in [1.165, 1.54) is 0 Å². The molecule has 0 bridgehead atoms. The summed E-state index contributed by atoms with van der Waals surface area (Å²) in [5.41, 5.74) is 3.35. The highest BCUT2D eigenvalue weighted by Gasteiger charge is 2.13. The summed E-state index contributed by atoms with van der Waals surface area (Å²) < 4.78 is 5.69. The van der Waals surface area contributed by atoms with Crippen molar-refractivity contribution in [2.24, 2.45) is 5.84 Å². The van der Waals surface area contributed by atoms with Crippen LogP contribution in [0.1, 0.15) is 10.6 Å². The molecular weight excluding hydrogens is 264 g/mol. The highest BCUT2D eigenvalue weighted by Crippen LogP contribution is 2.32. The van der Waals surface area contributed by atoms with Gasteiger partial charge in [0.05, 0.1) is 5.39 Å². The number of hydrogen-bond acceptors (Lipinski definition) is 7. The fraction of sp³-hybridized carbons (Fsp3) is 0.182. The summed E-state index contributed by atoms with van der Waals surface area (Å²) in [5.74, 6) is 6.58. The standard InChI is InChI=1S/C11H12N6OS/c1-5-3-8(17-16-5)18-9-7-4-6(2)19-10(7)14-11(13-9)15-12/h3-4H,12H2,1-2H3,(H,16,17)(H,13,14,15). The van der Waals surface area contributed by atoms with Crippen molar-refractivity contribution < 1.29 is 4.74 Å². The summed E-state index contributed by atoms with van der Waals surface area (Å²) in [6, 6.07) is 3.78. The Morgan fingerprint density at radius 2 is 2.16 bits per heavy atom. The lowest BCUT2D eigenvalue weighted by molar-refractivity contribution is 0.449. The Bertz CT molecular complexity index is 734. The zero-order valence-corrected chi connectivity index (χ0v) is 11.2. The number of nitrogens with one attached hydrogen (secondary N) is 2. The highest BCUT2D eigenvalue weighted by molar-refractivity contribution is 7.18. The van der Waals surface area contributed by atoms with Gasteiger partial charge in [-0.1, -0.05) is 0 Å². The Balaban J connectivity index is 2.09. The Kier molecular flexibility index (Phi) is 2.80. The number of nitrogens with zero attached hydrogens (tertiary/aromatic N) is 3. The highest BCUT2D eigenvalue weighted by atomic mass is 32.1. The molecule has 3 rings (SSSR count). The molecule has 0 aliphatic rings. The molecule has 0 aromatic carbocycles. The van der Waals surface area contributed by atoms with Crippen LogP contribution in [0, 0.1) is 13.8 Å². The quantitative estimate of drug-likeness (QED) is 0.500. The molecule has 19 heavy (non-hydrogen) atoms. The Morgan fingerprint density at radius 3 is 2.84 bits per heavy atom. The molecule has 0 saturated heterocycles. The number of rotatable bonds is 3. The summed E-state index contributed by atoms with van der Waals surface area (Å²) in [6.45, 7) is 3.90. The van der Waals surface area contributed by atoms with Gasteiger partial charge in [0.25, 0.3) is 0 Å². The molecule has 3 heterocycles. The van der Waals surface area contributed by atoms with E-state index in [1.807, 2.05) is 19.9 Å². The lowest BCUT2D eigenvalue weighted by Crippen LogP contribution is -2.10. The molecule has 0 atom stereocenters.